The Labute approximate surface area is 119 Å². The number of carbonyl (C=O) groups is 2. The Morgan fingerprint density at radius 2 is 1.86 bits per heavy atom. The van der Waals surface area contributed by atoms with Crippen LogP contribution in [0.25, 0.3) is 0 Å². The Morgan fingerprint density at radius 3 is 2.43 bits per heavy atom. The normalized spacial score (nSPS) is 18.0. The zero-order valence-electron chi connectivity index (χ0n) is 11.1. The van der Waals surface area contributed by atoms with E-state index in [1.165, 1.54) is 0 Å². The molecular formula is C14H12N4O3. The number of amides is 2. The Hall–Kier alpha value is -2.54. The second kappa shape index (κ2) is 4.49. The van der Waals surface area contributed by atoms with Gasteiger partial charge in [0.15, 0.2) is 5.82 Å². The van der Waals surface area contributed by atoms with Crippen molar-refractivity contribution in [3.05, 3.63) is 47.1 Å². The van der Waals surface area contributed by atoms with Gasteiger partial charge in [-0.3, -0.25) is 14.5 Å². The number of hydrogen-bond acceptors (Lipinski definition) is 6. The molecule has 1 aromatic carbocycles. The van der Waals surface area contributed by atoms with Crippen molar-refractivity contribution in [3.8, 4) is 0 Å². The van der Waals surface area contributed by atoms with Gasteiger partial charge in [-0.2, -0.15) is 4.98 Å². The highest BCUT2D eigenvalue weighted by Gasteiger charge is 2.36. The highest BCUT2D eigenvalue weighted by atomic mass is 16.5. The summed E-state index contributed by atoms with van der Waals surface area (Å²) < 4.78 is 5.18. The molecule has 7 nitrogen and oxygen atoms in total. The SMILES string of the molecule is O=C1c2ccccc2C(=O)N1Cc1noc(C2CNC2)n1. The van der Waals surface area contributed by atoms with Crippen LogP contribution in [-0.4, -0.2) is 39.9 Å². The van der Waals surface area contributed by atoms with Crippen LogP contribution in [0.15, 0.2) is 28.8 Å². The highest BCUT2D eigenvalue weighted by Crippen LogP contribution is 2.24. The molecule has 2 amide bonds. The van der Waals surface area contributed by atoms with E-state index in [0.717, 1.165) is 18.0 Å². The fourth-order valence-corrected chi connectivity index (χ4v) is 2.48. The summed E-state index contributed by atoms with van der Waals surface area (Å²) >= 11 is 0. The van der Waals surface area contributed by atoms with E-state index in [0.29, 0.717) is 22.8 Å². The molecule has 2 aromatic rings. The fourth-order valence-electron chi connectivity index (χ4n) is 2.48. The van der Waals surface area contributed by atoms with Gasteiger partial charge in [-0.15, -0.1) is 0 Å². The van der Waals surface area contributed by atoms with E-state index in [-0.39, 0.29) is 24.3 Å². The Balaban J connectivity index is 1.56. The molecule has 0 saturated carbocycles. The summed E-state index contributed by atoms with van der Waals surface area (Å²) in [6, 6.07) is 6.78. The third-order valence-corrected chi connectivity index (χ3v) is 3.79. The van der Waals surface area contributed by atoms with Gasteiger partial charge < -0.3 is 9.84 Å². The molecule has 2 aliphatic rings. The number of nitrogens with one attached hydrogen (secondary N) is 1. The molecular weight excluding hydrogens is 272 g/mol. The molecule has 3 heterocycles. The second-order valence-corrected chi connectivity index (χ2v) is 5.15. The summed E-state index contributed by atoms with van der Waals surface area (Å²) in [7, 11) is 0. The quantitative estimate of drug-likeness (QED) is 0.828. The van der Waals surface area contributed by atoms with Crippen molar-refractivity contribution in [3.63, 3.8) is 0 Å². The first-order valence-electron chi connectivity index (χ1n) is 6.72. The highest BCUT2D eigenvalue weighted by molar-refractivity contribution is 6.21. The van der Waals surface area contributed by atoms with E-state index in [2.05, 4.69) is 15.5 Å². The van der Waals surface area contributed by atoms with Crippen molar-refractivity contribution in [2.75, 3.05) is 13.1 Å². The van der Waals surface area contributed by atoms with Crippen LogP contribution in [0.4, 0.5) is 0 Å². The molecule has 2 aliphatic heterocycles. The average molecular weight is 284 g/mol. The predicted octanol–water partition coefficient (Wildman–Crippen LogP) is 0.553. The minimum atomic E-state index is -0.313. The van der Waals surface area contributed by atoms with E-state index < -0.39 is 0 Å². The van der Waals surface area contributed by atoms with Crippen LogP contribution in [0.2, 0.25) is 0 Å². The van der Waals surface area contributed by atoms with Gasteiger partial charge in [-0.1, -0.05) is 17.3 Å². The molecule has 1 aromatic heterocycles. The first-order valence-corrected chi connectivity index (χ1v) is 6.72. The number of rotatable bonds is 3. The molecule has 0 aliphatic carbocycles. The van der Waals surface area contributed by atoms with E-state index in [9.17, 15) is 9.59 Å². The van der Waals surface area contributed by atoms with E-state index >= 15 is 0 Å². The number of aromatic nitrogens is 2. The van der Waals surface area contributed by atoms with Gasteiger partial charge in [0, 0.05) is 13.1 Å². The number of benzene rings is 1. The summed E-state index contributed by atoms with van der Waals surface area (Å²) in [5.41, 5.74) is 0.851. The van der Waals surface area contributed by atoms with Crippen molar-refractivity contribution in [1.29, 1.82) is 0 Å². The maximum atomic E-state index is 12.2. The van der Waals surface area contributed by atoms with Crippen LogP contribution in [0.5, 0.6) is 0 Å². The summed E-state index contributed by atoms with van der Waals surface area (Å²) in [6.07, 6.45) is 0. The third kappa shape index (κ3) is 1.85. The molecule has 0 radical (unpaired) electrons. The van der Waals surface area contributed by atoms with Crippen molar-refractivity contribution < 1.29 is 14.1 Å². The molecule has 1 N–H and O–H groups in total. The lowest BCUT2D eigenvalue weighted by Gasteiger charge is -2.22. The fraction of sp³-hybridized carbons (Fsp3) is 0.286. The van der Waals surface area contributed by atoms with Crippen molar-refractivity contribution in [2.24, 2.45) is 0 Å². The van der Waals surface area contributed by atoms with Gasteiger partial charge in [-0.25, -0.2) is 0 Å². The number of carbonyl (C=O) groups excluding carboxylic acids is 2. The largest absolute Gasteiger partial charge is 0.339 e. The minimum absolute atomic E-state index is 0.0377. The van der Waals surface area contributed by atoms with E-state index in [4.69, 9.17) is 4.52 Å². The Morgan fingerprint density at radius 1 is 1.19 bits per heavy atom. The lowest BCUT2D eigenvalue weighted by Crippen LogP contribution is -2.40. The van der Waals surface area contributed by atoms with Gasteiger partial charge in [0.25, 0.3) is 11.8 Å². The molecule has 21 heavy (non-hydrogen) atoms. The van der Waals surface area contributed by atoms with Gasteiger partial charge in [0.1, 0.15) is 0 Å². The van der Waals surface area contributed by atoms with Crippen LogP contribution in [0.1, 0.15) is 38.3 Å². The van der Waals surface area contributed by atoms with Gasteiger partial charge in [0.05, 0.1) is 23.6 Å². The standard InChI is InChI=1S/C14H12N4O3/c19-13-9-3-1-2-4-10(9)14(20)18(13)7-11-16-12(21-17-11)8-5-15-6-8/h1-4,8,15H,5-7H2. The van der Waals surface area contributed by atoms with Gasteiger partial charge >= 0.3 is 0 Å². The van der Waals surface area contributed by atoms with Crippen LogP contribution < -0.4 is 5.32 Å². The predicted molar refractivity (Wildman–Crippen MR) is 70.6 cm³/mol. The third-order valence-electron chi connectivity index (χ3n) is 3.79. The molecule has 0 bridgehead atoms. The molecule has 106 valence electrons. The molecule has 0 unspecified atom stereocenters. The molecule has 1 saturated heterocycles. The smallest absolute Gasteiger partial charge is 0.261 e. The molecule has 0 atom stereocenters. The van der Waals surface area contributed by atoms with Crippen molar-refractivity contribution in [1.82, 2.24) is 20.4 Å². The number of hydrogen-bond donors (Lipinski definition) is 1. The van der Waals surface area contributed by atoms with Crippen LogP contribution >= 0.6 is 0 Å². The van der Waals surface area contributed by atoms with E-state index in [1.54, 1.807) is 24.3 Å². The zero-order valence-corrected chi connectivity index (χ0v) is 11.1. The second-order valence-electron chi connectivity index (χ2n) is 5.15. The minimum Gasteiger partial charge on any atom is -0.339 e. The average Bonchev–Trinajstić information content (AvgIpc) is 2.97. The summed E-state index contributed by atoms with van der Waals surface area (Å²) in [5, 5.41) is 6.98. The monoisotopic (exact) mass is 284 g/mol. The van der Waals surface area contributed by atoms with Crippen LogP contribution in [0.3, 0.4) is 0 Å². The lowest BCUT2D eigenvalue weighted by atomic mass is 10.0. The first kappa shape index (κ1) is 12.2. The molecule has 4 rings (SSSR count). The maximum Gasteiger partial charge on any atom is 0.261 e. The first-order chi connectivity index (χ1) is 10.2. The number of imide groups is 1. The van der Waals surface area contributed by atoms with Crippen LogP contribution in [-0.2, 0) is 6.54 Å². The van der Waals surface area contributed by atoms with Crippen molar-refractivity contribution in [2.45, 2.75) is 12.5 Å². The lowest BCUT2D eigenvalue weighted by molar-refractivity contribution is 0.0637. The maximum absolute atomic E-state index is 12.2. The van der Waals surface area contributed by atoms with Gasteiger partial charge in [0.2, 0.25) is 5.89 Å². The molecule has 0 spiro atoms. The Bertz CT molecular complexity index is 700. The molecule has 1 fully saturated rings. The van der Waals surface area contributed by atoms with Crippen molar-refractivity contribution >= 4 is 11.8 Å². The molecule has 7 heteroatoms. The number of nitrogens with zero attached hydrogens (tertiary/aromatic N) is 3. The summed E-state index contributed by atoms with van der Waals surface area (Å²) in [5.74, 6) is 0.514. The topological polar surface area (TPSA) is 88.3 Å². The van der Waals surface area contributed by atoms with E-state index in [1.807, 2.05) is 0 Å². The summed E-state index contributed by atoms with van der Waals surface area (Å²) in [6.45, 7) is 1.67. The van der Waals surface area contributed by atoms with Crippen LogP contribution in [0, 0.1) is 0 Å². The Kier molecular flexibility index (Phi) is 2.61. The zero-order chi connectivity index (χ0) is 14.4. The van der Waals surface area contributed by atoms with Gasteiger partial charge in [-0.05, 0) is 12.1 Å². The number of fused-ring (bicyclic) bond motifs is 1. The summed E-state index contributed by atoms with van der Waals surface area (Å²) in [4.78, 5) is 29.9.